The van der Waals surface area contributed by atoms with Crippen LogP contribution in [0.2, 0.25) is 0 Å². The van der Waals surface area contributed by atoms with E-state index in [1.54, 1.807) is 12.1 Å². The number of aliphatic hydroxyl groups is 1. The van der Waals surface area contributed by atoms with Crippen LogP contribution < -0.4 is 9.47 Å². The Morgan fingerprint density at radius 1 is 1.27 bits per heavy atom. The number of methoxy groups -OCH3 is 2. The predicted octanol–water partition coefficient (Wildman–Crippen LogP) is 1.84. The van der Waals surface area contributed by atoms with Gasteiger partial charge in [-0.3, -0.25) is 0 Å². The Morgan fingerprint density at radius 3 is 2.07 bits per heavy atom. The third kappa shape index (κ3) is 2.54. The van der Waals surface area contributed by atoms with Crippen LogP contribution in [0.5, 0.6) is 17.2 Å². The number of hydrogen-bond donors (Lipinski definition) is 2. The Hall–Kier alpha value is -0.940. The van der Waals surface area contributed by atoms with Gasteiger partial charge in [0.2, 0.25) is 5.75 Å². The number of rotatable bonds is 4. The molecule has 0 amide bonds. The number of phenolic OH excluding ortho intramolecular Hbond substituents is 1. The van der Waals surface area contributed by atoms with Crippen molar-refractivity contribution in [1.29, 1.82) is 0 Å². The highest BCUT2D eigenvalue weighted by Gasteiger charge is 2.15. The first kappa shape index (κ1) is 12.1. The molecular weight excluding hydrogens is 264 g/mol. The Labute approximate surface area is 96.6 Å². The molecule has 0 saturated heterocycles. The van der Waals surface area contributed by atoms with Crippen LogP contribution in [0.3, 0.4) is 0 Å². The Bertz CT molecular complexity index is 315. The van der Waals surface area contributed by atoms with Crippen LogP contribution in [0.1, 0.15) is 11.7 Å². The fraction of sp³-hybridized carbons (Fsp3) is 0.400. The number of ether oxygens (including phenoxy) is 2. The normalized spacial score (nSPS) is 12.3. The third-order valence-electron chi connectivity index (χ3n) is 2.03. The average molecular weight is 277 g/mol. The van der Waals surface area contributed by atoms with Crippen LogP contribution in [0, 0.1) is 0 Å². The van der Waals surface area contributed by atoms with Crippen LogP contribution in [0.25, 0.3) is 0 Å². The number of alkyl halides is 1. The topological polar surface area (TPSA) is 58.9 Å². The van der Waals surface area contributed by atoms with E-state index in [2.05, 4.69) is 15.9 Å². The van der Waals surface area contributed by atoms with Crippen molar-refractivity contribution in [2.24, 2.45) is 0 Å². The SMILES string of the molecule is COc1cc(C(O)CBr)cc(OC)c1O. The minimum Gasteiger partial charge on any atom is -0.502 e. The van der Waals surface area contributed by atoms with Gasteiger partial charge in [0.1, 0.15) is 0 Å². The first-order valence-electron chi connectivity index (χ1n) is 4.33. The van der Waals surface area contributed by atoms with E-state index in [1.807, 2.05) is 0 Å². The van der Waals surface area contributed by atoms with Gasteiger partial charge in [0.25, 0.3) is 0 Å². The van der Waals surface area contributed by atoms with Gasteiger partial charge < -0.3 is 19.7 Å². The first-order valence-corrected chi connectivity index (χ1v) is 5.45. The van der Waals surface area contributed by atoms with E-state index in [-0.39, 0.29) is 17.2 Å². The summed E-state index contributed by atoms with van der Waals surface area (Å²) in [5, 5.41) is 19.7. The van der Waals surface area contributed by atoms with Crippen molar-refractivity contribution in [1.82, 2.24) is 0 Å². The quantitative estimate of drug-likeness (QED) is 0.824. The molecule has 1 aromatic rings. The molecule has 1 atom stereocenters. The monoisotopic (exact) mass is 276 g/mol. The molecule has 0 aliphatic rings. The summed E-state index contributed by atoms with van der Waals surface area (Å²) in [5.74, 6) is 0.499. The number of benzene rings is 1. The smallest absolute Gasteiger partial charge is 0.200 e. The summed E-state index contributed by atoms with van der Waals surface area (Å²) >= 11 is 3.17. The zero-order valence-corrected chi connectivity index (χ0v) is 10.1. The van der Waals surface area contributed by atoms with E-state index >= 15 is 0 Å². The maximum atomic E-state index is 9.62. The molecule has 0 spiro atoms. The number of phenols is 1. The maximum absolute atomic E-state index is 9.62. The summed E-state index contributed by atoms with van der Waals surface area (Å²) in [6.07, 6.45) is -0.659. The lowest BCUT2D eigenvalue weighted by molar-refractivity contribution is 0.204. The summed E-state index contributed by atoms with van der Waals surface area (Å²) in [6, 6.07) is 3.15. The maximum Gasteiger partial charge on any atom is 0.200 e. The Balaban J connectivity index is 3.20. The summed E-state index contributed by atoms with van der Waals surface area (Å²) in [6.45, 7) is 0. The summed E-state index contributed by atoms with van der Waals surface area (Å²) in [7, 11) is 2.89. The standard InChI is InChI=1S/C10H13BrO4/c1-14-8-3-6(7(12)5-11)4-9(15-2)10(8)13/h3-4,7,12-13H,5H2,1-2H3. The molecule has 1 aromatic carbocycles. The molecule has 0 radical (unpaired) electrons. The molecule has 84 valence electrons. The largest absolute Gasteiger partial charge is 0.502 e. The van der Waals surface area contributed by atoms with Gasteiger partial charge in [0.05, 0.1) is 20.3 Å². The minimum absolute atomic E-state index is 0.0643. The van der Waals surface area contributed by atoms with E-state index in [0.29, 0.717) is 10.9 Å². The highest BCUT2D eigenvalue weighted by atomic mass is 79.9. The van der Waals surface area contributed by atoms with Gasteiger partial charge in [-0.1, -0.05) is 15.9 Å². The number of aliphatic hydroxyl groups excluding tert-OH is 1. The second-order valence-electron chi connectivity index (χ2n) is 2.94. The number of aromatic hydroxyl groups is 1. The lowest BCUT2D eigenvalue weighted by Crippen LogP contribution is -2.00. The molecule has 2 N–H and O–H groups in total. The zero-order chi connectivity index (χ0) is 11.4. The van der Waals surface area contributed by atoms with E-state index in [1.165, 1.54) is 14.2 Å². The van der Waals surface area contributed by atoms with Gasteiger partial charge in [0, 0.05) is 5.33 Å². The van der Waals surface area contributed by atoms with Crippen molar-refractivity contribution in [3.05, 3.63) is 17.7 Å². The molecule has 1 rings (SSSR count). The molecule has 0 heterocycles. The van der Waals surface area contributed by atoms with E-state index in [4.69, 9.17) is 9.47 Å². The summed E-state index contributed by atoms with van der Waals surface area (Å²) in [5.41, 5.74) is 0.623. The second-order valence-corrected chi connectivity index (χ2v) is 3.59. The summed E-state index contributed by atoms with van der Waals surface area (Å²) in [4.78, 5) is 0. The van der Waals surface area contributed by atoms with Gasteiger partial charge in [0.15, 0.2) is 11.5 Å². The number of hydrogen-bond acceptors (Lipinski definition) is 4. The van der Waals surface area contributed by atoms with Crippen molar-refractivity contribution in [2.45, 2.75) is 6.10 Å². The Morgan fingerprint density at radius 2 is 1.73 bits per heavy atom. The second kappa shape index (κ2) is 5.23. The lowest BCUT2D eigenvalue weighted by atomic mass is 10.1. The predicted molar refractivity (Wildman–Crippen MR) is 60.0 cm³/mol. The fourth-order valence-electron chi connectivity index (χ4n) is 1.20. The lowest BCUT2D eigenvalue weighted by Gasteiger charge is -2.13. The van der Waals surface area contributed by atoms with Crippen LogP contribution in [0.15, 0.2) is 12.1 Å². The molecule has 0 bridgehead atoms. The van der Waals surface area contributed by atoms with E-state index < -0.39 is 6.10 Å². The molecule has 0 aliphatic carbocycles. The van der Waals surface area contributed by atoms with Crippen LogP contribution in [-0.4, -0.2) is 29.8 Å². The molecule has 1 unspecified atom stereocenters. The van der Waals surface area contributed by atoms with E-state index in [0.717, 1.165) is 0 Å². The van der Waals surface area contributed by atoms with Crippen molar-refractivity contribution in [3.8, 4) is 17.2 Å². The molecule has 4 nitrogen and oxygen atoms in total. The van der Waals surface area contributed by atoms with Crippen LogP contribution in [0.4, 0.5) is 0 Å². The molecule has 0 aliphatic heterocycles. The highest BCUT2D eigenvalue weighted by molar-refractivity contribution is 9.09. The minimum atomic E-state index is -0.659. The van der Waals surface area contributed by atoms with Crippen molar-refractivity contribution in [2.75, 3.05) is 19.5 Å². The first-order chi connectivity index (χ1) is 7.13. The van der Waals surface area contributed by atoms with Crippen LogP contribution in [-0.2, 0) is 0 Å². The molecule has 0 fully saturated rings. The zero-order valence-electron chi connectivity index (χ0n) is 8.53. The summed E-state index contributed by atoms with van der Waals surface area (Å²) < 4.78 is 9.93. The molecular formula is C10H13BrO4. The number of halogens is 1. The van der Waals surface area contributed by atoms with Crippen molar-refractivity contribution in [3.63, 3.8) is 0 Å². The van der Waals surface area contributed by atoms with Gasteiger partial charge in [-0.2, -0.15) is 0 Å². The fourth-order valence-corrected chi connectivity index (χ4v) is 1.57. The van der Waals surface area contributed by atoms with Gasteiger partial charge >= 0.3 is 0 Å². The van der Waals surface area contributed by atoms with Gasteiger partial charge in [-0.05, 0) is 17.7 Å². The van der Waals surface area contributed by atoms with E-state index in [9.17, 15) is 10.2 Å². The molecule has 5 heteroatoms. The average Bonchev–Trinajstić information content (AvgIpc) is 2.28. The van der Waals surface area contributed by atoms with Gasteiger partial charge in [-0.25, -0.2) is 0 Å². The third-order valence-corrected chi connectivity index (χ3v) is 2.65. The Kier molecular flexibility index (Phi) is 4.23. The molecule has 0 saturated carbocycles. The van der Waals surface area contributed by atoms with Crippen molar-refractivity contribution < 1.29 is 19.7 Å². The highest BCUT2D eigenvalue weighted by Crippen LogP contribution is 2.38. The molecule has 15 heavy (non-hydrogen) atoms. The van der Waals surface area contributed by atoms with Crippen molar-refractivity contribution >= 4 is 15.9 Å². The van der Waals surface area contributed by atoms with Crippen LogP contribution >= 0.6 is 15.9 Å². The molecule has 0 aromatic heterocycles. The van der Waals surface area contributed by atoms with Gasteiger partial charge in [-0.15, -0.1) is 0 Å².